The van der Waals surface area contributed by atoms with Crippen LogP contribution in [0.15, 0.2) is 48.5 Å². The minimum Gasteiger partial charge on any atom is -0.379 e. The SMILES string of the molecule is CC(C)(C)c1ccc(C(=O)NCC(c2ccc(F)cc2)N2CCOCC2)cc1. The van der Waals surface area contributed by atoms with Crippen molar-refractivity contribution in [3.63, 3.8) is 0 Å². The average molecular weight is 384 g/mol. The Morgan fingerprint density at radius 3 is 2.25 bits per heavy atom. The Morgan fingerprint density at radius 2 is 1.68 bits per heavy atom. The molecule has 1 aliphatic heterocycles. The molecule has 28 heavy (non-hydrogen) atoms. The van der Waals surface area contributed by atoms with Gasteiger partial charge in [0.25, 0.3) is 5.91 Å². The van der Waals surface area contributed by atoms with Gasteiger partial charge in [-0.15, -0.1) is 0 Å². The number of halogens is 1. The summed E-state index contributed by atoms with van der Waals surface area (Å²) in [6.45, 7) is 9.83. The minimum atomic E-state index is -0.257. The number of benzene rings is 2. The molecule has 2 aromatic rings. The van der Waals surface area contributed by atoms with Crippen LogP contribution in [0.3, 0.4) is 0 Å². The normalized spacial score (nSPS) is 16.6. The molecule has 0 aromatic heterocycles. The maximum Gasteiger partial charge on any atom is 0.251 e. The lowest BCUT2D eigenvalue weighted by atomic mass is 9.87. The lowest BCUT2D eigenvalue weighted by molar-refractivity contribution is 0.0162. The zero-order valence-corrected chi connectivity index (χ0v) is 16.9. The number of carbonyl (C=O) groups excluding carboxylic acids is 1. The fourth-order valence-electron chi connectivity index (χ4n) is 3.44. The molecule has 1 amide bonds. The summed E-state index contributed by atoms with van der Waals surface area (Å²) >= 11 is 0. The quantitative estimate of drug-likeness (QED) is 0.849. The second-order valence-electron chi connectivity index (χ2n) is 8.25. The van der Waals surface area contributed by atoms with Crippen molar-refractivity contribution in [2.45, 2.75) is 32.2 Å². The Morgan fingerprint density at radius 1 is 1.07 bits per heavy atom. The highest BCUT2D eigenvalue weighted by Gasteiger charge is 2.23. The molecule has 0 aliphatic carbocycles. The third kappa shape index (κ3) is 5.18. The van der Waals surface area contributed by atoms with Crippen LogP contribution in [0.4, 0.5) is 4.39 Å². The van der Waals surface area contributed by atoms with Crippen LogP contribution in [0.25, 0.3) is 0 Å². The average Bonchev–Trinajstić information content (AvgIpc) is 2.69. The van der Waals surface area contributed by atoms with Crippen LogP contribution in [-0.2, 0) is 10.2 Å². The standard InChI is InChI=1S/C23H29FN2O2/c1-23(2,3)19-8-4-18(5-9-19)22(27)25-16-21(26-12-14-28-15-13-26)17-6-10-20(24)11-7-17/h4-11,21H,12-16H2,1-3H3,(H,25,27). The van der Waals surface area contributed by atoms with Gasteiger partial charge in [-0.05, 0) is 40.8 Å². The van der Waals surface area contributed by atoms with E-state index in [-0.39, 0.29) is 23.2 Å². The van der Waals surface area contributed by atoms with E-state index in [4.69, 9.17) is 4.74 Å². The van der Waals surface area contributed by atoms with Gasteiger partial charge in [-0.3, -0.25) is 9.69 Å². The summed E-state index contributed by atoms with van der Waals surface area (Å²) in [6.07, 6.45) is 0. The van der Waals surface area contributed by atoms with Gasteiger partial charge in [0, 0.05) is 25.2 Å². The fourth-order valence-corrected chi connectivity index (χ4v) is 3.44. The van der Waals surface area contributed by atoms with Crippen molar-refractivity contribution in [1.82, 2.24) is 10.2 Å². The van der Waals surface area contributed by atoms with E-state index in [1.165, 1.54) is 17.7 Å². The summed E-state index contributed by atoms with van der Waals surface area (Å²) in [5.74, 6) is -0.353. The first-order chi connectivity index (χ1) is 13.3. The lowest BCUT2D eigenvalue weighted by Gasteiger charge is -2.35. The van der Waals surface area contributed by atoms with Crippen molar-refractivity contribution in [2.24, 2.45) is 0 Å². The van der Waals surface area contributed by atoms with Crippen molar-refractivity contribution in [3.05, 3.63) is 71.0 Å². The van der Waals surface area contributed by atoms with Crippen LogP contribution in [0.5, 0.6) is 0 Å². The van der Waals surface area contributed by atoms with Crippen molar-refractivity contribution >= 4 is 5.91 Å². The first-order valence-corrected chi connectivity index (χ1v) is 9.80. The molecule has 0 spiro atoms. The van der Waals surface area contributed by atoms with E-state index < -0.39 is 0 Å². The molecule has 150 valence electrons. The molecular weight excluding hydrogens is 355 g/mol. The van der Waals surface area contributed by atoms with E-state index in [1.54, 1.807) is 12.1 Å². The zero-order valence-electron chi connectivity index (χ0n) is 16.9. The zero-order chi connectivity index (χ0) is 20.1. The topological polar surface area (TPSA) is 41.6 Å². The van der Waals surface area contributed by atoms with Gasteiger partial charge in [0.15, 0.2) is 0 Å². The number of rotatable bonds is 5. The highest BCUT2D eigenvalue weighted by atomic mass is 19.1. The smallest absolute Gasteiger partial charge is 0.251 e. The van der Waals surface area contributed by atoms with Gasteiger partial charge in [-0.1, -0.05) is 45.0 Å². The van der Waals surface area contributed by atoms with Crippen LogP contribution < -0.4 is 5.32 Å². The molecule has 1 heterocycles. The van der Waals surface area contributed by atoms with Crippen LogP contribution in [0.2, 0.25) is 0 Å². The molecule has 0 saturated carbocycles. The Labute approximate surface area is 166 Å². The van der Waals surface area contributed by atoms with Crippen molar-refractivity contribution < 1.29 is 13.9 Å². The summed E-state index contributed by atoms with van der Waals surface area (Å²) in [7, 11) is 0. The number of ether oxygens (including phenoxy) is 1. The molecule has 0 radical (unpaired) electrons. The molecule has 1 atom stereocenters. The maximum atomic E-state index is 13.3. The predicted octanol–water partition coefficient (Wildman–Crippen LogP) is 3.93. The molecule has 1 N–H and O–H groups in total. The second-order valence-corrected chi connectivity index (χ2v) is 8.25. The van der Waals surface area contributed by atoms with Gasteiger partial charge in [-0.25, -0.2) is 4.39 Å². The predicted molar refractivity (Wildman–Crippen MR) is 109 cm³/mol. The Kier molecular flexibility index (Phi) is 6.47. The highest BCUT2D eigenvalue weighted by molar-refractivity contribution is 5.94. The van der Waals surface area contributed by atoms with Crippen molar-refractivity contribution in [1.29, 1.82) is 0 Å². The molecule has 2 aromatic carbocycles. The summed E-state index contributed by atoms with van der Waals surface area (Å²) < 4.78 is 18.8. The largest absolute Gasteiger partial charge is 0.379 e. The van der Waals surface area contributed by atoms with Crippen molar-refractivity contribution in [3.8, 4) is 0 Å². The molecule has 1 fully saturated rings. The van der Waals surface area contributed by atoms with E-state index in [1.807, 2.05) is 24.3 Å². The van der Waals surface area contributed by atoms with Crippen LogP contribution in [-0.4, -0.2) is 43.7 Å². The number of amides is 1. The van der Waals surface area contributed by atoms with Gasteiger partial charge >= 0.3 is 0 Å². The molecule has 1 saturated heterocycles. The minimum absolute atomic E-state index is 0.0118. The summed E-state index contributed by atoms with van der Waals surface area (Å²) in [6, 6.07) is 14.3. The van der Waals surface area contributed by atoms with E-state index in [2.05, 4.69) is 31.0 Å². The maximum absolute atomic E-state index is 13.3. The molecule has 4 nitrogen and oxygen atoms in total. The number of carbonyl (C=O) groups is 1. The molecule has 0 bridgehead atoms. The molecule has 1 aliphatic rings. The van der Waals surface area contributed by atoms with E-state index in [0.717, 1.165) is 18.7 Å². The molecule has 1 unspecified atom stereocenters. The molecular formula is C23H29FN2O2. The Hall–Kier alpha value is -2.24. The van der Waals surface area contributed by atoms with Crippen LogP contribution >= 0.6 is 0 Å². The number of morpholine rings is 1. The number of nitrogens with one attached hydrogen (secondary N) is 1. The summed E-state index contributed by atoms with van der Waals surface area (Å²) in [5.41, 5.74) is 2.89. The van der Waals surface area contributed by atoms with E-state index >= 15 is 0 Å². The number of nitrogens with zero attached hydrogens (tertiary/aromatic N) is 1. The summed E-state index contributed by atoms with van der Waals surface area (Å²) in [5, 5.41) is 3.05. The Bertz CT molecular complexity index is 776. The van der Waals surface area contributed by atoms with Gasteiger partial charge in [0.2, 0.25) is 0 Å². The fraction of sp³-hybridized carbons (Fsp3) is 0.435. The van der Waals surface area contributed by atoms with Gasteiger partial charge in [0.1, 0.15) is 5.82 Å². The van der Waals surface area contributed by atoms with Gasteiger partial charge in [-0.2, -0.15) is 0 Å². The number of hydrogen-bond acceptors (Lipinski definition) is 3. The summed E-state index contributed by atoms with van der Waals surface area (Å²) in [4.78, 5) is 14.9. The van der Waals surface area contributed by atoms with Gasteiger partial charge < -0.3 is 10.1 Å². The molecule has 5 heteroatoms. The first kappa shape index (κ1) is 20.5. The first-order valence-electron chi connectivity index (χ1n) is 9.80. The third-order valence-corrected chi connectivity index (χ3v) is 5.21. The highest BCUT2D eigenvalue weighted by Crippen LogP contribution is 2.23. The number of hydrogen-bond donors (Lipinski definition) is 1. The Balaban J connectivity index is 1.70. The molecule has 3 rings (SSSR count). The van der Waals surface area contributed by atoms with E-state index in [0.29, 0.717) is 25.3 Å². The lowest BCUT2D eigenvalue weighted by Crippen LogP contribution is -2.43. The monoisotopic (exact) mass is 384 g/mol. The van der Waals surface area contributed by atoms with Gasteiger partial charge in [0.05, 0.1) is 19.3 Å². The van der Waals surface area contributed by atoms with Crippen LogP contribution in [0, 0.1) is 5.82 Å². The van der Waals surface area contributed by atoms with Crippen molar-refractivity contribution in [2.75, 3.05) is 32.8 Å². The third-order valence-electron chi connectivity index (χ3n) is 5.21. The van der Waals surface area contributed by atoms with Crippen LogP contribution in [0.1, 0.15) is 48.3 Å². The second kappa shape index (κ2) is 8.84. The van der Waals surface area contributed by atoms with E-state index in [9.17, 15) is 9.18 Å².